The molecule has 1 aromatic carbocycles. The van der Waals surface area contributed by atoms with Gasteiger partial charge in [0.05, 0.1) is 7.11 Å². The van der Waals surface area contributed by atoms with Gasteiger partial charge in [-0.15, -0.1) is 0 Å². The van der Waals surface area contributed by atoms with Gasteiger partial charge >= 0.3 is 0 Å². The maximum atomic E-state index is 5.92. The van der Waals surface area contributed by atoms with Crippen LogP contribution in [0.2, 0.25) is 0 Å². The summed E-state index contributed by atoms with van der Waals surface area (Å²) in [6, 6.07) is 7.66. The van der Waals surface area contributed by atoms with Crippen LogP contribution >= 0.6 is 0 Å². The quantitative estimate of drug-likeness (QED) is 0.452. The summed E-state index contributed by atoms with van der Waals surface area (Å²) in [7, 11) is 3.83. The van der Waals surface area contributed by atoms with Gasteiger partial charge in [0, 0.05) is 44.5 Å². The van der Waals surface area contributed by atoms with Crippen LogP contribution in [0.3, 0.4) is 0 Å². The number of unbranched alkanes of at least 4 members (excludes halogenated alkanes) is 1. The van der Waals surface area contributed by atoms with Crippen LogP contribution in [-0.2, 0) is 0 Å². The first kappa shape index (κ1) is 17.6. The van der Waals surface area contributed by atoms with E-state index in [1.54, 1.807) is 7.11 Å². The first-order valence-corrected chi connectivity index (χ1v) is 8.29. The second-order valence-electron chi connectivity index (χ2n) is 5.98. The highest BCUT2D eigenvalue weighted by atomic mass is 16.5. The van der Waals surface area contributed by atoms with E-state index in [2.05, 4.69) is 27.2 Å². The Labute approximate surface area is 139 Å². The Morgan fingerprint density at radius 3 is 2.78 bits per heavy atom. The van der Waals surface area contributed by atoms with Crippen LogP contribution in [0.15, 0.2) is 29.3 Å². The van der Waals surface area contributed by atoms with Gasteiger partial charge < -0.3 is 25.6 Å². The molecule has 2 rings (SSSR count). The fourth-order valence-electron chi connectivity index (χ4n) is 2.61. The highest BCUT2D eigenvalue weighted by Gasteiger charge is 2.12. The zero-order valence-electron chi connectivity index (χ0n) is 14.3. The number of likely N-dealkylation sites (N-methyl/N-ethyl adjacent to an activating group) is 1. The Bertz CT molecular complexity index is 498. The standard InChI is InChI=1S/C17H29N5O/c1-21-10-12-22(13-11-21)9-4-3-8-19-17(18)20-15-6-5-7-16(14-15)23-2/h5-7,14H,3-4,8-13H2,1-2H3,(H3,18,19,20). The SMILES string of the molecule is COc1cccc(NC(N)=NCCCCN2CCN(C)CC2)c1. The Balaban J connectivity index is 1.63. The van der Waals surface area contributed by atoms with Gasteiger partial charge in [0.2, 0.25) is 0 Å². The van der Waals surface area contributed by atoms with Crippen LogP contribution in [0.25, 0.3) is 0 Å². The molecule has 23 heavy (non-hydrogen) atoms. The minimum atomic E-state index is 0.456. The lowest BCUT2D eigenvalue weighted by Gasteiger charge is -2.32. The summed E-state index contributed by atoms with van der Waals surface area (Å²) in [6.07, 6.45) is 2.23. The number of piperazine rings is 1. The van der Waals surface area contributed by atoms with Crippen LogP contribution in [0, 0.1) is 0 Å². The van der Waals surface area contributed by atoms with E-state index in [1.165, 1.54) is 32.6 Å². The van der Waals surface area contributed by atoms with Crippen molar-refractivity contribution in [3.8, 4) is 5.75 Å². The minimum absolute atomic E-state index is 0.456. The molecule has 6 heteroatoms. The first-order valence-electron chi connectivity index (χ1n) is 8.29. The summed E-state index contributed by atoms with van der Waals surface area (Å²) in [6.45, 7) is 6.63. The molecule has 1 fully saturated rings. The zero-order chi connectivity index (χ0) is 16.5. The average Bonchev–Trinajstić information content (AvgIpc) is 2.56. The minimum Gasteiger partial charge on any atom is -0.497 e. The maximum absolute atomic E-state index is 5.92. The van der Waals surface area contributed by atoms with Crippen LogP contribution in [0.4, 0.5) is 5.69 Å². The van der Waals surface area contributed by atoms with Gasteiger partial charge in [-0.25, -0.2) is 0 Å². The van der Waals surface area contributed by atoms with Crippen molar-refractivity contribution in [1.29, 1.82) is 0 Å². The highest BCUT2D eigenvalue weighted by molar-refractivity contribution is 5.92. The number of rotatable bonds is 7. The third-order valence-corrected chi connectivity index (χ3v) is 4.10. The van der Waals surface area contributed by atoms with Crippen molar-refractivity contribution in [2.45, 2.75) is 12.8 Å². The molecule has 3 N–H and O–H groups in total. The molecule has 0 bridgehead atoms. The van der Waals surface area contributed by atoms with Crippen molar-refractivity contribution in [1.82, 2.24) is 9.80 Å². The third kappa shape index (κ3) is 6.46. The van der Waals surface area contributed by atoms with Crippen molar-refractivity contribution in [3.05, 3.63) is 24.3 Å². The summed E-state index contributed by atoms with van der Waals surface area (Å²) in [5.74, 6) is 1.26. The Hall–Kier alpha value is -1.79. The van der Waals surface area contributed by atoms with E-state index in [0.717, 1.165) is 30.9 Å². The van der Waals surface area contributed by atoms with Crippen LogP contribution in [-0.4, -0.2) is 69.2 Å². The Morgan fingerprint density at radius 2 is 2.04 bits per heavy atom. The Morgan fingerprint density at radius 1 is 1.26 bits per heavy atom. The lowest BCUT2D eigenvalue weighted by Crippen LogP contribution is -2.44. The zero-order valence-corrected chi connectivity index (χ0v) is 14.3. The molecule has 1 aromatic rings. The van der Waals surface area contributed by atoms with Gasteiger partial charge in [-0.1, -0.05) is 6.07 Å². The Kier molecular flexibility index (Phi) is 7.16. The molecule has 6 nitrogen and oxygen atoms in total. The number of ether oxygens (including phenoxy) is 1. The maximum Gasteiger partial charge on any atom is 0.193 e. The summed E-state index contributed by atoms with van der Waals surface area (Å²) >= 11 is 0. The van der Waals surface area contributed by atoms with E-state index in [0.29, 0.717) is 5.96 Å². The molecular formula is C17H29N5O. The molecule has 128 valence electrons. The molecule has 0 atom stereocenters. The fourth-order valence-corrected chi connectivity index (χ4v) is 2.61. The molecule has 1 aliphatic heterocycles. The van der Waals surface area contributed by atoms with Gasteiger partial charge in [0.25, 0.3) is 0 Å². The third-order valence-electron chi connectivity index (χ3n) is 4.10. The van der Waals surface area contributed by atoms with Crippen LogP contribution in [0.5, 0.6) is 5.75 Å². The summed E-state index contributed by atoms with van der Waals surface area (Å²) < 4.78 is 5.19. The number of methoxy groups -OCH3 is 1. The second-order valence-corrected chi connectivity index (χ2v) is 5.98. The van der Waals surface area contributed by atoms with Crippen molar-refractivity contribution in [2.75, 3.05) is 58.7 Å². The van der Waals surface area contributed by atoms with Gasteiger partial charge in [0.15, 0.2) is 5.96 Å². The molecule has 0 saturated carbocycles. The summed E-state index contributed by atoms with van der Waals surface area (Å²) in [5, 5.41) is 3.09. The highest BCUT2D eigenvalue weighted by Crippen LogP contribution is 2.16. The number of hydrogen-bond donors (Lipinski definition) is 2. The van der Waals surface area contributed by atoms with Gasteiger partial charge in [0.1, 0.15) is 5.75 Å². The number of nitrogens with zero attached hydrogens (tertiary/aromatic N) is 3. The molecule has 0 spiro atoms. The molecule has 1 heterocycles. The predicted molar refractivity (Wildman–Crippen MR) is 96.3 cm³/mol. The number of benzene rings is 1. The summed E-state index contributed by atoms with van der Waals surface area (Å²) in [4.78, 5) is 9.30. The topological polar surface area (TPSA) is 66.1 Å². The molecule has 0 aromatic heterocycles. The summed E-state index contributed by atoms with van der Waals surface area (Å²) in [5.41, 5.74) is 6.81. The fraction of sp³-hybridized carbons (Fsp3) is 0.588. The largest absolute Gasteiger partial charge is 0.497 e. The number of hydrogen-bond acceptors (Lipinski definition) is 4. The molecule has 1 saturated heterocycles. The van der Waals surface area contributed by atoms with Crippen molar-refractivity contribution in [2.24, 2.45) is 10.7 Å². The number of aliphatic imine (C=N–C) groups is 1. The van der Waals surface area contributed by atoms with E-state index >= 15 is 0 Å². The average molecular weight is 319 g/mol. The monoisotopic (exact) mass is 319 g/mol. The van der Waals surface area contributed by atoms with E-state index in [1.807, 2.05) is 24.3 Å². The molecule has 1 aliphatic rings. The van der Waals surface area contributed by atoms with Gasteiger partial charge in [-0.2, -0.15) is 0 Å². The van der Waals surface area contributed by atoms with Crippen LogP contribution in [0.1, 0.15) is 12.8 Å². The number of anilines is 1. The molecule has 0 amide bonds. The van der Waals surface area contributed by atoms with Crippen molar-refractivity contribution < 1.29 is 4.74 Å². The van der Waals surface area contributed by atoms with Crippen LogP contribution < -0.4 is 15.8 Å². The van der Waals surface area contributed by atoms with Crippen molar-refractivity contribution >= 4 is 11.6 Å². The molecule has 0 unspecified atom stereocenters. The first-order chi connectivity index (χ1) is 11.2. The van der Waals surface area contributed by atoms with Crippen molar-refractivity contribution in [3.63, 3.8) is 0 Å². The van der Waals surface area contributed by atoms with E-state index in [9.17, 15) is 0 Å². The number of nitrogens with two attached hydrogens (primary N) is 1. The van der Waals surface area contributed by atoms with E-state index in [4.69, 9.17) is 10.5 Å². The molecule has 0 aliphatic carbocycles. The van der Waals surface area contributed by atoms with E-state index < -0.39 is 0 Å². The second kappa shape index (κ2) is 9.37. The number of nitrogens with one attached hydrogen (secondary N) is 1. The lowest BCUT2D eigenvalue weighted by molar-refractivity contribution is 0.152. The predicted octanol–water partition coefficient (Wildman–Crippen LogP) is 1.45. The molecule has 0 radical (unpaired) electrons. The van der Waals surface area contributed by atoms with Gasteiger partial charge in [-0.05, 0) is 38.6 Å². The number of guanidine groups is 1. The smallest absolute Gasteiger partial charge is 0.193 e. The normalized spacial score (nSPS) is 17.2. The van der Waals surface area contributed by atoms with E-state index in [-0.39, 0.29) is 0 Å². The lowest BCUT2D eigenvalue weighted by atomic mass is 10.2. The molecular weight excluding hydrogens is 290 g/mol. The van der Waals surface area contributed by atoms with Gasteiger partial charge in [-0.3, -0.25) is 4.99 Å².